The monoisotopic (exact) mass is 381 g/mol. The number of carbonyl (C=O) groups excluding carboxylic acids is 2. The Labute approximate surface area is 162 Å². The quantitative estimate of drug-likeness (QED) is 0.516. The number of nitrogens with zero attached hydrogens (tertiary/aromatic N) is 3. The van der Waals surface area contributed by atoms with Gasteiger partial charge in [0, 0.05) is 61.0 Å². The van der Waals surface area contributed by atoms with Crippen LogP contribution in [0.3, 0.4) is 0 Å². The van der Waals surface area contributed by atoms with E-state index in [0.717, 1.165) is 16.6 Å². The number of aryl methyl sites for hydroxylation is 1. The molecule has 0 spiro atoms. The normalized spacial score (nSPS) is 14.6. The lowest BCUT2D eigenvalue weighted by Crippen LogP contribution is -2.50. The molecule has 27 heavy (non-hydrogen) atoms. The molecule has 0 unspecified atom stereocenters. The first kappa shape index (κ1) is 17.6. The van der Waals surface area contributed by atoms with Crippen LogP contribution in [0.5, 0.6) is 0 Å². The molecule has 6 heteroatoms. The van der Waals surface area contributed by atoms with Gasteiger partial charge in [0.05, 0.1) is 5.56 Å². The van der Waals surface area contributed by atoms with E-state index in [0.29, 0.717) is 36.8 Å². The number of anilines is 1. The Balaban J connectivity index is 1.48. The summed E-state index contributed by atoms with van der Waals surface area (Å²) in [4.78, 5) is 29.4. The van der Waals surface area contributed by atoms with Gasteiger partial charge < -0.3 is 14.4 Å². The lowest BCUT2D eigenvalue weighted by atomic mass is 10.1. The van der Waals surface area contributed by atoms with Crippen LogP contribution in [-0.2, 0) is 11.8 Å². The van der Waals surface area contributed by atoms with Gasteiger partial charge in [-0.05, 0) is 24.3 Å². The molecule has 1 aliphatic heterocycles. The largest absolute Gasteiger partial charge is 0.368 e. The number of aromatic nitrogens is 1. The molecule has 2 aromatic carbocycles. The fraction of sp³-hybridized carbons (Fsp3) is 0.238. The van der Waals surface area contributed by atoms with Crippen molar-refractivity contribution in [1.29, 1.82) is 0 Å². The molecule has 0 atom stereocenters. The molecule has 0 N–H and O–H groups in total. The molecule has 1 saturated heterocycles. The Morgan fingerprint density at radius 1 is 0.963 bits per heavy atom. The number of hydrogen-bond donors (Lipinski definition) is 0. The van der Waals surface area contributed by atoms with Gasteiger partial charge in [0.2, 0.25) is 0 Å². The van der Waals surface area contributed by atoms with Crippen LogP contribution in [0.2, 0.25) is 5.02 Å². The molecule has 0 saturated carbocycles. The van der Waals surface area contributed by atoms with E-state index in [1.807, 2.05) is 60.1 Å². The fourth-order valence-electron chi connectivity index (χ4n) is 3.62. The summed E-state index contributed by atoms with van der Waals surface area (Å²) in [5, 5.41) is 1.51. The Bertz CT molecular complexity index is 1020. The molecule has 3 aromatic rings. The third kappa shape index (κ3) is 3.30. The molecule has 1 aromatic heterocycles. The van der Waals surface area contributed by atoms with Crippen molar-refractivity contribution in [3.8, 4) is 0 Å². The molecule has 1 aliphatic rings. The first-order chi connectivity index (χ1) is 13.0. The lowest BCUT2D eigenvalue weighted by Gasteiger charge is -2.35. The van der Waals surface area contributed by atoms with E-state index in [2.05, 4.69) is 4.90 Å². The molecule has 4 rings (SSSR count). The van der Waals surface area contributed by atoms with Crippen molar-refractivity contribution in [2.45, 2.75) is 0 Å². The van der Waals surface area contributed by atoms with Gasteiger partial charge >= 0.3 is 0 Å². The minimum absolute atomic E-state index is 0.433. The highest BCUT2D eigenvalue weighted by Crippen LogP contribution is 2.23. The Morgan fingerprint density at radius 2 is 1.70 bits per heavy atom. The summed E-state index contributed by atoms with van der Waals surface area (Å²) in [5.74, 6) is -0.875. The van der Waals surface area contributed by atoms with Crippen LogP contribution in [-0.4, -0.2) is 47.3 Å². The molecular formula is C21H20ClN3O2. The molecule has 0 radical (unpaired) electrons. The maximum absolute atomic E-state index is 12.8. The van der Waals surface area contributed by atoms with Gasteiger partial charge in [-0.2, -0.15) is 0 Å². The molecule has 1 amide bonds. The number of ketones is 1. The highest BCUT2D eigenvalue weighted by molar-refractivity contribution is 6.44. The average Bonchev–Trinajstić information content (AvgIpc) is 3.04. The zero-order chi connectivity index (χ0) is 19.0. The second kappa shape index (κ2) is 7.08. The minimum atomic E-state index is -0.442. The van der Waals surface area contributed by atoms with Crippen LogP contribution in [0.25, 0.3) is 10.9 Å². The summed E-state index contributed by atoms with van der Waals surface area (Å²) < 4.78 is 1.88. The number of rotatable bonds is 3. The molecule has 2 heterocycles. The first-order valence-electron chi connectivity index (χ1n) is 8.93. The maximum Gasteiger partial charge on any atom is 0.295 e. The van der Waals surface area contributed by atoms with E-state index in [4.69, 9.17) is 11.6 Å². The topological polar surface area (TPSA) is 45.6 Å². The van der Waals surface area contributed by atoms with E-state index in [1.165, 1.54) is 0 Å². The number of fused-ring (bicyclic) bond motifs is 1. The van der Waals surface area contributed by atoms with Crippen LogP contribution in [0.15, 0.2) is 54.7 Å². The predicted octanol–water partition coefficient (Wildman–Crippen LogP) is 3.36. The number of halogens is 1. The van der Waals surface area contributed by atoms with Gasteiger partial charge in [-0.15, -0.1) is 0 Å². The van der Waals surface area contributed by atoms with Crippen LogP contribution in [0.4, 0.5) is 5.69 Å². The van der Waals surface area contributed by atoms with Crippen LogP contribution < -0.4 is 4.90 Å². The van der Waals surface area contributed by atoms with Crippen molar-refractivity contribution < 1.29 is 9.59 Å². The van der Waals surface area contributed by atoms with Gasteiger partial charge in [-0.3, -0.25) is 9.59 Å². The van der Waals surface area contributed by atoms with Gasteiger partial charge in [0.1, 0.15) is 0 Å². The summed E-state index contributed by atoms with van der Waals surface area (Å²) in [6.07, 6.45) is 1.74. The van der Waals surface area contributed by atoms with E-state index >= 15 is 0 Å². The van der Waals surface area contributed by atoms with Crippen molar-refractivity contribution in [3.05, 3.63) is 65.3 Å². The minimum Gasteiger partial charge on any atom is -0.368 e. The molecule has 5 nitrogen and oxygen atoms in total. The summed E-state index contributed by atoms with van der Waals surface area (Å²) in [7, 11) is 1.88. The Kier molecular flexibility index (Phi) is 4.62. The summed E-state index contributed by atoms with van der Waals surface area (Å²) >= 11 is 6.06. The Morgan fingerprint density at radius 3 is 2.44 bits per heavy atom. The van der Waals surface area contributed by atoms with E-state index in [9.17, 15) is 9.59 Å². The van der Waals surface area contributed by atoms with Crippen LogP contribution in [0, 0.1) is 0 Å². The predicted molar refractivity (Wildman–Crippen MR) is 107 cm³/mol. The maximum atomic E-state index is 12.8. The summed E-state index contributed by atoms with van der Waals surface area (Å²) in [6.45, 7) is 2.38. The van der Waals surface area contributed by atoms with Gasteiger partial charge in [-0.1, -0.05) is 35.9 Å². The number of Topliss-reactive ketones (excluding diaryl/α,β-unsaturated/α-hetero) is 1. The zero-order valence-corrected chi connectivity index (χ0v) is 15.8. The van der Waals surface area contributed by atoms with Crippen molar-refractivity contribution in [3.63, 3.8) is 0 Å². The van der Waals surface area contributed by atoms with Crippen LogP contribution >= 0.6 is 11.6 Å². The third-order valence-electron chi connectivity index (χ3n) is 5.08. The molecule has 138 valence electrons. The van der Waals surface area contributed by atoms with Crippen molar-refractivity contribution in [2.24, 2.45) is 7.05 Å². The van der Waals surface area contributed by atoms with Crippen molar-refractivity contribution in [1.82, 2.24) is 9.47 Å². The zero-order valence-electron chi connectivity index (χ0n) is 15.1. The fourth-order valence-corrected chi connectivity index (χ4v) is 3.81. The molecule has 1 fully saturated rings. The van der Waals surface area contributed by atoms with Gasteiger partial charge in [0.15, 0.2) is 0 Å². The highest BCUT2D eigenvalue weighted by atomic mass is 35.5. The Hall–Kier alpha value is -2.79. The second-order valence-corrected chi connectivity index (χ2v) is 7.20. The van der Waals surface area contributed by atoms with Crippen molar-refractivity contribution in [2.75, 3.05) is 31.1 Å². The van der Waals surface area contributed by atoms with Gasteiger partial charge in [-0.25, -0.2) is 0 Å². The SMILES string of the molecule is Cn1cc(C(=O)C(=O)N2CCN(c3cccc(Cl)c3)CC2)c2ccccc21. The first-order valence-corrected chi connectivity index (χ1v) is 9.30. The number of hydrogen-bond acceptors (Lipinski definition) is 3. The average molecular weight is 382 g/mol. The summed E-state index contributed by atoms with van der Waals surface area (Å²) in [6, 6.07) is 15.3. The lowest BCUT2D eigenvalue weighted by molar-refractivity contribution is -0.126. The van der Waals surface area contributed by atoms with E-state index in [1.54, 1.807) is 11.1 Å². The van der Waals surface area contributed by atoms with E-state index in [-0.39, 0.29) is 0 Å². The molecule has 0 bridgehead atoms. The third-order valence-corrected chi connectivity index (χ3v) is 5.31. The molecular weight excluding hydrogens is 362 g/mol. The number of carbonyl (C=O) groups is 2. The van der Waals surface area contributed by atoms with Gasteiger partial charge in [0.25, 0.3) is 11.7 Å². The number of para-hydroxylation sites is 1. The number of benzene rings is 2. The van der Waals surface area contributed by atoms with E-state index < -0.39 is 11.7 Å². The number of amides is 1. The number of piperazine rings is 1. The standard InChI is InChI=1S/C21H20ClN3O2/c1-23-14-18(17-7-2-3-8-19(17)23)20(26)21(27)25-11-9-24(10-12-25)16-6-4-5-15(22)13-16/h2-8,13-14H,9-12H2,1H3. The van der Waals surface area contributed by atoms with Crippen molar-refractivity contribution >= 4 is 39.9 Å². The molecule has 0 aliphatic carbocycles. The highest BCUT2D eigenvalue weighted by Gasteiger charge is 2.28. The second-order valence-electron chi connectivity index (χ2n) is 6.76. The summed E-state index contributed by atoms with van der Waals surface area (Å²) in [5.41, 5.74) is 2.45. The smallest absolute Gasteiger partial charge is 0.295 e. The van der Waals surface area contributed by atoms with Crippen LogP contribution in [0.1, 0.15) is 10.4 Å².